The van der Waals surface area contributed by atoms with Gasteiger partial charge in [0.25, 0.3) is 0 Å². The average Bonchev–Trinajstić information content (AvgIpc) is 2.02. The number of carbonyl (C=O) groups excluding carboxylic acids is 1. The molecule has 1 N–H and O–H groups in total. The summed E-state index contributed by atoms with van der Waals surface area (Å²) in [6, 6.07) is 0. The molecule has 0 aromatic rings. The van der Waals surface area contributed by atoms with Gasteiger partial charge in [0.1, 0.15) is 0 Å². The smallest absolute Gasteiger partial charge is 0.220 e. The Morgan fingerprint density at radius 2 is 2.08 bits per heavy atom. The second-order valence-corrected chi connectivity index (χ2v) is 4.51. The number of alkyl halides is 1. The van der Waals surface area contributed by atoms with Crippen LogP contribution in [0.5, 0.6) is 0 Å². The SMILES string of the molecule is CCCC(=O)NCC(C)(C)CCCl. The highest BCUT2D eigenvalue weighted by molar-refractivity contribution is 6.17. The summed E-state index contributed by atoms with van der Waals surface area (Å²) in [4.78, 5) is 11.1. The van der Waals surface area contributed by atoms with Crippen molar-refractivity contribution in [3.05, 3.63) is 0 Å². The van der Waals surface area contributed by atoms with E-state index in [-0.39, 0.29) is 11.3 Å². The number of nitrogens with one attached hydrogen (secondary N) is 1. The van der Waals surface area contributed by atoms with Gasteiger partial charge >= 0.3 is 0 Å². The molecule has 0 aromatic heterocycles. The van der Waals surface area contributed by atoms with Crippen molar-refractivity contribution in [2.45, 2.75) is 40.0 Å². The van der Waals surface area contributed by atoms with Gasteiger partial charge in [-0.2, -0.15) is 0 Å². The molecule has 0 aromatic carbocycles. The van der Waals surface area contributed by atoms with E-state index in [2.05, 4.69) is 19.2 Å². The standard InChI is InChI=1S/C10H20ClNO/c1-4-5-9(13)12-8-10(2,3)6-7-11/h4-8H2,1-3H3,(H,12,13). The zero-order chi connectivity index (χ0) is 10.3. The van der Waals surface area contributed by atoms with Crippen LogP contribution in [0.15, 0.2) is 0 Å². The Balaban J connectivity index is 3.67. The molecule has 78 valence electrons. The fourth-order valence-electron chi connectivity index (χ4n) is 0.997. The average molecular weight is 206 g/mol. The lowest BCUT2D eigenvalue weighted by Crippen LogP contribution is -2.34. The van der Waals surface area contributed by atoms with Crippen molar-refractivity contribution >= 4 is 17.5 Å². The molecule has 1 amide bonds. The molecule has 0 saturated heterocycles. The summed E-state index contributed by atoms with van der Waals surface area (Å²) < 4.78 is 0. The summed E-state index contributed by atoms with van der Waals surface area (Å²) in [5.74, 6) is 0.793. The van der Waals surface area contributed by atoms with Gasteiger partial charge in [0, 0.05) is 18.8 Å². The summed E-state index contributed by atoms with van der Waals surface area (Å²) in [7, 11) is 0. The van der Waals surface area contributed by atoms with Gasteiger partial charge < -0.3 is 5.32 Å². The second kappa shape index (κ2) is 6.25. The van der Waals surface area contributed by atoms with Gasteiger partial charge in [-0.05, 0) is 18.3 Å². The van der Waals surface area contributed by atoms with E-state index in [9.17, 15) is 4.79 Å². The molecule has 0 aliphatic heterocycles. The van der Waals surface area contributed by atoms with E-state index >= 15 is 0 Å². The van der Waals surface area contributed by atoms with Gasteiger partial charge in [0.2, 0.25) is 5.91 Å². The van der Waals surface area contributed by atoms with E-state index in [4.69, 9.17) is 11.6 Å². The molecular weight excluding hydrogens is 186 g/mol. The lowest BCUT2D eigenvalue weighted by molar-refractivity contribution is -0.121. The summed E-state index contributed by atoms with van der Waals surface area (Å²) in [5, 5.41) is 2.91. The molecule has 0 unspecified atom stereocenters. The third-order valence-electron chi connectivity index (χ3n) is 2.01. The molecule has 0 radical (unpaired) electrons. The van der Waals surface area contributed by atoms with Gasteiger partial charge in [-0.1, -0.05) is 20.8 Å². The zero-order valence-corrected chi connectivity index (χ0v) is 9.58. The van der Waals surface area contributed by atoms with Crippen LogP contribution >= 0.6 is 11.6 Å². The largest absolute Gasteiger partial charge is 0.356 e. The zero-order valence-electron chi connectivity index (χ0n) is 8.82. The first-order chi connectivity index (χ1) is 6.02. The normalized spacial score (nSPS) is 11.4. The fraction of sp³-hybridized carbons (Fsp3) is 0.900. The minimum atomic E-state index is 0.116. The molecule has 0 fully saturated rings. The predicted molar refractivity (Wildman–Crippen MR) is 57.0 cm³/mol. The molecule has 0 atom stereocenters. The van der Waals surface area contributed by atoms with Crippen LogP contribution in [-0.2, 0) is 4.79 Å². The molecule has 0 bridgehead atoms. The summed E-state index contributed by atoms with van der Waals surface area (Å²) in [6.07, 6.45) is 2.46. The highest BCUT2D eigenvalue weighted by Gasteiger charge is 2.17. The minimum absolute atomic E-state index is 0.116. The van der Waals surface area contributed by atoms with Crippen molar-refractivity contribution in [2.24, 2.45) is 5.41 Å². The molecule has 13 heavy (non-hydrogen) atoms. The Bertz CT molecular complexity index is 157. The van der Waals surface area contributed by atoms with E-state index in [1.807, 2.05) is 6.92 Å². The Labute approximate surface area is 86.0 Å². The number of hydrogen-bond acceptors (Lipinski definition) is 1. The van der Waals surface area contributed by atoms with Crippen LogP contribution in [0.1, 0.15) is 40.0 Å². The topological polar surface area (TPSA) is 29.1 Å². The van der Waals surface area contributed by atoms with Crippen LogP contribution in [0.3, 0.4) is 0 Å². The third kappa shape index (κ3) is 6.88. The maximum absolute atomic E-state index is 11.1. The Morgan fingerprint density at radius 3 is 2.54 bits per heavy atom. The summed E-state index contributed by atoms with van der Waals surface area (Å²) in [5.41, 5.74) is 0.116. The minimum Gasteiger partial charge on any atom is -0.356 e. The summed E-state index contributed by atoms with van der Waals surface area (Å²) in [6.45, 7) is 6.95. The van der Waals surface area contributed by atoms with Gasteiger partial charge in [0.05, 0.1) is 0 Å². The number of halogens is 1. The summed E-state index contributed by atoms with van der Waals surface area (Å²) >= 11 is 5.65. The maximum Gasteiger partial charge on any atom is 0.220 e. The number of carbonyl (C=O) groups is 1. The molecule has 2 nitrogen and oxygen atoms in total. The van der Waals surface area contributed by atoms with Crippen molar-refractivity contribution in [1.82, 2.24) is 5.32 Å². The van der Waals surface area contributed by atoms with Crippen molar-refractivity contribution < 1.29 is 4.79 Å². The van der Waals surface area contributed by atoms with E-state index in [1.165, 1.54) is 0 Å². The predicted octanol–water partition coefficient (Wildman–Crippen LogP) is 2.56. The first-order valence-electron chi connectivity index (χ1n) is 4.84. The highest BCUT2D eigenvalue weighted by atomic mass is 35.5. The van der Waals surface area contributed by atoms with Crippen LogP contribution in [0.25, 0.3) is 0 Å². The van der Waals surface area contributed by atoms with Gasteiger partial charge in [-0.25, -0.2) is 0 Å². The van der Waals surface area contributed by atoms with Gasteiger partial charge in [0.15, 0.2) is 0 Å². The van der Waals surface area contributed by atoms with Crippen LogP contribution in [-0.4, -0.2) is 18.3 Å². The van der Waals surface area contributed by atoms with Crippen molar-refractivity contribution in [2.75, 3.05) is 12.4 Å². The maximum atomic E-state index is 11.1. The molecule has 0 aliphatic carbocycles. The fourth-order valence-corrected chi connectivity index (χ4v) is 1.51. The molecule has 0 spiro atoms. The number of amides is 1. The van der Waals surface area contributed by atoms with E-state index in [0.717, 1.165) is 19.4 Å². The van der Waals surface area contributed by atoms with Gasteiger partial charge in [-0.3, -0.25) is 4.79 Å². The molecule has 3 heteroatoms. The monoisotopic (exact) mass is 205 g/mol. The van der Waals surface area contributed by atoms with Crippen LogP contribution in [0, 0.1) is 5.41 Å². The number of rotatable bonds is 6. The second-order valence-electron chi connectivity index (χ2n) is 4.13. The molecular formula is C10H20ClNO. The molecule has 0 heterocycles. The first kappa shape index (κ1) is 12.8. The Morgan fingerprint density at radius 1 is 1.46 bits per heavy atom. The van der Waals surface area contributed by atoms with E-state index in [1.54, 1.807) is 0 Å². The first-order valence-corrected chi connectivity index (χ1v) is 5.38. The molecule has 0 saturated carbocycles. The van der Waals surface area contributed by atoms with Gasteiger partial charge in [-0.15, -0.1) is 11.6 Å². The molecule has 0 aliphatic rings. The third-order valence-corrected chi connectivity index (χ3v) is 2.20. The Hall–Kier alpha value is -0.240. The van der Waals surface area contributed by atoms with Crippen molar-refractivity contribution in [3.8, 4) is 0 Å². The number of hydrogen-bond donors (Lipinski definition) is 1. The van der Waals surface area contributed by atoms with Crippen LogP contribution < -0.4 is 5.32 Å². The lowest BCUT2D eigenvalue weighted by Gasteiger charge is -2.23. The van der Waals surface area contributed by atoms with Crippen molar-refractivity contribution in [3.63, 3.8) is 0 Å². The lowest BCUT2D eigenvalue weighted by atomic mass is 9.90. The van der Waals surface area contributed by atoms with E-state index < -0.39 is 0 Å². The Kier molecular flexibility index (Phi) is 6.13. The van der Waals surface area contributed by atoms with Crippen LogP contribution in [0.2, 0.25) is 0 Å². The van der Waals surface area contributed by atoms with E-state index in [0.29, 0.717) is 12.3 Å². The molecule has 0 rings (SSSR count). The van der Waals surface area contributed by atoms with Crippen LogP contribution in [0.4, 0.5) is 0 Å². The van der Waals surface area contributed by atoms with Crippen molar-refractivity contribution in [1.29, 1.82) is 0 Å². The highest BCUT2D eigenvalue weighted by Crippen LogP contribution is 2.19. The quantitative estimate of drug-likeness (QED) is 0.664.